The molecule has 1 heterocycles. The molecule has 0 aliphatic carbocycles. The van der Waals surface area contributed by atoms with Gasteiger partial charge in [0.05, 0.1) is 12.8 Å². The highest BCUT2D eigenvalue weighted by Gasteiger charge is 2.08. The van der Waals surface area contributed by atoms with Crippen LogP contribution in [0.1, 0.15) is 11.5 Å². The number of oxazole rings is 1. The number of nitrogens with two attached hydrogens (primary N) is 1. The normalized spacial score (nSPS) is 10.8. The summed E-state index contributed by atoms with van der Waals surface area (Å²) in [5.74, 6) is 1.50. The van der Waals surface area contributed by atoms with E-state index in [0.29, 0.717) is 23.6 Å². The van der Waals surface area contributed by atoms with E-state index < -0.39 is 0 Å². The molecule has 0 bridgehead atoms. The molecule has 0 aliphatic heterocycles. The predicted octanol–water partition coefficient (Wildman–Crippen LogP) is 3.01. The van der Waals surface area contributed by atoms with Crippen LogP contribution in [0.4, 0.5) is 5.69 Å². The van der Waals surface area contributed by atoms with Gasteiger partial charge in [0.25, 0.3) is 0 Å². The Morgan fingerprint density at radius 2 is 1.95 bits per heavy atom. The van der Waals surface area contributed by atoms with E-state index in [0.717, 1.165) is 16.8 Å². The molecule has 0 amide bonds. The second-order valence-electron chi connectivity index (χ2n) is 4.33. The van der Waals surface area contributed by atoms with Crippen LogP contribution in [0.15, 0.2) is 46.9 Å². The lowest BCUT2D eigenvalue weighted by molar-refractivity contribution is 0.414. The maximum Gasteiger partial charge on any atom is 0.200 e. The number of fused-ring (bicyclic) bond motifs is 1. The van der Waals surface area contributed by atoms with Gasteiger partial charge in [-0.15, -0.1) is 0 Å². The Morgan fingerprint density at radius 3 is 2.63 bits per heavy atom. The largest absolute Gasteiger partial charge is 0.497 e. The van der Waals surface area contributed by atoms with Crippen LogP contribution in [-0.2, 0) is 6.42 Å². The van der Waals surface area contributed by atoms with Crippen molar-refractivity contribution in [2.45, 2.75) is 6.42 Å². The van der Waals surface area contributed by atoms with Crippen LogP contribution in [0, 0.1) is 0 Å². The van der Waals surface area contributed by atoms with Crippen molar-refractivity contribution < 1.29 is 9.15 Å². The number of para-hydroxylation sites is 1. The molecule has 0 atom stereocenters. The molecule has 0 unspecified atom stereocenters. The quantitative estimate of drug-likeness (QED) is 0.730. The number of ether oxygens (including phenoxy) is 1. The minimum absolute atomic E-state index is 0.617. The molecular formula is C15H14N2O2. The molecule has 4 heteroatoms. The third-order valence-electron chi connectivity index (χ3n) is 3.00. The van der Waals surface area contributed by atoms with Crippen LogP contribution in [0.25, 0.3) is 11.1 Å². The lowest BCUT2D eigenvalue weighted by atomic mass is 10.1. The fraction of sp³-hybridized carbons (Fsp3) is 0.133. The Kier molecular flexibility index (Phi) is 2.83. The van der Waals surface area contributed by atoms with Crippen LogP contribution < -0.4 is 10.5 Å². The van der Waals surface area contributed by atoms with Gasteiger partial charge in [-0.25, -0.2) is 4.98 Å². The van der Waals surface area contributed by atoms with E-state index in [4.69, 9.17) is 14.9 Å². The first-order valence-corrected chi connectivity index (χ1v) is 6.03. The Bertz CT molecular complexity index is 702. The number of methoxy groups -OCH3 is 1. The maximum atomic E-state index is 5.85. The van der Waals surface area contributed by atoms with Crippen LogP contribution in [0.5, 0.6) is 5.75 Å². The SMILES string of the molecule is COc1ccc(Cc2nc3cccc(N)c3o2)cc1. The van der Waals surface area contributed by atoms with Gasteiger partial charge in [-0.2, -0.15) is 0 Å². The minimum atomic E-state index is 0.617. The van der Waals surface area contributed by atoms with Crippen molar-refractivity contribution in [2.75, 3.05) is 12.8 Å². The Balaban J connectivity index is 1.90. The first-order chi connectivity index (χ1) is 9.26. The zero-order chi connectivity index (χ0) is 13.2. The van der Waals surface area contributed by atoms with Crippen LogP contribution >= 0.6 is 0 Å². The van der Waals surface area contributed by atoms with Gasteiger partial charge < -0.3 is 14.9 Å². The van der Waals surface area contributed by atoms with Gasteiger partial charge in [0.15, 0.2) is 11.5 Å². The lowest BCUT2D eigenvalue weighted by Gasteiger charge is -2.00. The number of benzene rings is 2. The molecule has 0 radical (unpaired) electrons. The van der Waals surface area contributed by atoms with Crippen molar-refractivity contribution in [3.63, 3.8) is 0 Å². The summed E-state index contributed by atoms with van der Waals surface area (Å²) in [6.45, 7) is 0. The number of nitrogens with zero attached hydrogens (tertiary/aromatic N) is 1. The fourth-order valence-corrected chi connectivity index (χ4v) is 2.01. The van der Waals surface area contributed by atoms with Gasteiger partial charge in [-0.3, -0.25) is 0 Å². The van der Waals surface area contributed by atoms with Gasteiger partial charge in [0.1, 0.15) is 11.3 Å². The number of rotatable bonds is 3. The molecule has 0 fully saturated rings. The standard InChI is InChI=1S/C15H14N2O2/c1-18-11-7-5-10(6-8-11)9-14-17-13-4-2-3-12(16)15(13)19-14/h2-8H,9,16H2,1H3. The zero-order valence-electron chi connectivity index (χ0n) is 10.6. The predicted molar refractivity (Wildman–Crippen MR) is 74.2 cm³/mol. The molecule has 0 aliphatic rings. The second kappa shape index (κ2) is 4.65. The molecule has 0 saturated heterocycles. The van der Waals surface area contributed by atoms with E-state index in [1.165, 1.54) is 0 Å². The van der Waals surface area contributed by atoms with Gasteiger partial charge in [0, 0.05) is 6.42 Å². The Hall–Kier alpha value is -2.49. The number of nitrogen functional groups attached to an aromatic ring is 1. The van der Waals surface area contributed by atoms with Crippen molar-refractivity contribution in [3.8, 4) is 5.75 Å². The Labute approximate surface area is 110 Å². The minimum Gasteiger partial charge on any atom is -0.497 e. The van der Waals surface area contributed by atoms with Crippen molar-refractivity contribution >= 4 is 16.8 Å². The van der Waals surface area contributed by atoms with E-state index in [-0.39, 0.29) is 0 Å². The molecule has 2 aromatic carbocycles. The van der Waals surface area contributed by atoms with Crippen molar-refractivity contribution in [3.05, 3.63) is 53.9 Å². The molecular weight excluding hydrogens is 240 g/mol. The molecule has 19 heavy (non-hydrogen) atoms. The summed E-state index contributed by atoms with van der Waals surface area (Å²) in [6.07, 6.45) is 0.637. The molecule has 1 aromatic heterocycles. The highest BCUT2D eigenvalue weighted by atomic mass is 16.5. The highest BCUT2D eigenvalue weighted by Crippen LogP contribution is 2.23. The smallest absolute Gasteiger partial charge is 0.200 e. The summed E-state index contributed by atoms with van der Waals surface area (Å²) < 4.78 is 10.8. The average molecular weight is 254 g/mol. The first kappa shape index (κ1) is 11.6. The second-order valence-corrected chi connectivity index (χ2v) is 4.33. The van der Waals surface area contributed by atoms with Crippen molar-refractivity contribution in [1.29, 1.82) is 0 Å². The van der Waals surface area contributed by atoms with Crippen LogP contribution in [0.3, 0.4) is 0 Å². The van der Waals surface area contributed by atoms with Crippen molar-refractivity contribution in [2.24, 2.45) is 0 Å². The molecule has 0 spiro atoms. The van der Waals surface area contributed by atoms with Crippen LogP contribution in [-0.4, -0.2) is 12.1 Å². The van der Waals surface area contributed by atoms with E-state index in [2.05, 4.69) is 4.98 Å². The highest BCUT2D eigenvalue weighted by molar-refractivity contribution is 5.84. The van der Waals surface area contributed by atoms with Gasteiger partial charge in [0.2, 0.25) is 0 Å². The summed E-state index contributed by atoms with van der Waals surface area (Å²) in [5, 5.41) is 0. The molecule has 3 rings (SSSR count). The first-order valence-electron chi connectivity index (χ1n) is 6.03. The van der Waals surface area contributed by atoms with Gasteiger partial charge in [-0.1, -0.05) is 18.2 Å². The van der Waals surface area contributed by atoms with Gasteiger partial charge in [-0.05, 0) is 29.8 Å². The number of aromatic nitrogens is 1. The zero-order valence-corrected chi connectivity index (χ0v) is 10.6. The number of hydrogen-bond acceptors (Lipinski definition) is 4. The topological polar surface area (TPSA) is 61.3 Å². The van der Waals surface area contributed by atoms with Crippen molar-refractivity contribution in [1.82, 2.24) is 4.98 Å². The van der Waals surface area contributed by atoms with E-state index >= 15 is 0 Å². The average Bonchev–Trinajstić information content (AvgIpc) is 2.84. The Morgan fingerprint density at radius 1 is 1.16 bits per heavy atom. The van der Waals surface area contributed by atoms with E-state index in [9.17, 15) is 0 Å². The molecule has 96 valence electrons. The molecule has 3 aromatic rings. The van der Waals surface area contributed by atoms with E-state index in [1.807, 2.05) is 42.5 Å². The number of hydrogen-bond donors (Lipinski definition) is 1. The third-order valence-corrected chi connectivity index (χ3v) is 3.00. The third kappa shape index (κ3) is 2.25. The number of anilines is 1. The fourth-order valence-electron chi connectivity index (χ4n) is 2.01. The summed E-state index contributed by atoms with van der Waals surface area (Å²) in [5.41, 5.74) is 9.04. The summed E-state index contributed by atoms with van der Waals surface area (Å²) >= 11 is 0. The molecule has 4 nitrogen and oxygen atoms in total. The van der Waals surface area contributed by atoms with E-state index in [1.54, 1.807) is 7.11 Å². The van der Waals surface area contributed by atoms with Gasteiger partial charge >= 0.3 is 0 Å². The lowest BCUT2D eigenvalue weighted by Crippen LogP contribution is -1.88. The van der Waals surface area contributed by atoms with Crippen LogP contribution in [0.2, 0.25) is 0 Å². The monoisotopic (exact) mass is 254 g/mol. The molecule has 0 saturated carbocycles. The maximum absolute atomic E-state index is 5.85. The summed E-state index contributed by atoms with van der Waals surface area (Å²) in [4.78, 5) is 4.43. The molecule has 2 N–H and O–H groups in total. The summed E-state index contributed by atoms with van der Waals surface area (Å²) in [7, 11) is 1.65. The summed E-state index contributed by atoms with van der Waals surface area (Å²) in [6, 6.07) is 13.4.